The van der Waals surface area contributed by atoms with Gasteiger partial charge in [-0.3, -0.25) is 14.4 Å². The lowest BCUT2D eigenvalue weighted by Crippen LogP contribution is -2.40. The minimum atomic E-state index is -0.435. The topological polar surface area (TPSA) is 122 Å². The molecule has 2 N–H and O–H groups in total. The Morgan fingerprint density at radius 1 is 1.19 bits per heavy atom. The van der Waals surface area contributed by atoms with Crippen molar-refractivity contribution in [1.82, 2.24) is 25.1 Å². The maximum Gasteiger partial charge on any atom is 0.256 e. The van der Waals surface area contributed by atoms with Crippen molar-refractivity contribution in [3.05, 3.63) is 59.4 Å². The van der Waals surface area contributed by atoms with E-state index in [-0.39, 0.29) is 17.7 Å². The van der Waals surface area contributed by atoms with E-state index in [1.807, 2.05) is 0 Å². The first-order valence-electron chi connectivity index (χ1n) is 9.94. The van der Waals surface area contributed by atoms with Crippen LogP contribution in [-0.4, -0.2) is 55.4 Å². The third-order valence-corrected chi connectivity index (χ3v) is 5.56. The van der Waals surface area contributed by atoms with Crippen molar-refractivity contribution in [2.45, 2.75) is 25.8 Å². The molecular formula is C21H19N7O3. The predicted octanol–water partition coefficient (Wildman–Crippen LogP) is 1.78. The summed E-state index contributed by atoms with van der Waals surface area (Å²) in [4.78, 5) is 39.8. The maximum atomic E-state index is 13.0. The van der Waals surface area contributed by atoms with Gasteiger partial charge in [0.05, 0.1) is 16.9 Å². The van der Waals surface area contributed by atoms with Crippen LogP contribution >= 0.6 is 0 Å². The molecule has 0 radical (unpaired) electrons. The molecule has 5 rings (SSSR count). The Morgan fingerprint density at radius 3 is 2.87 bits per heavy atom. The van der Waals surface area contributed by atoms with Crippen LogP contribution in [0.15, 0.2) is 42.5 Å². The molecule has 3 amide bonds. The SMILES string of the molecule is Cc1nnnn1-c1cccc(C(=O)Nc2ccc3c(c2)C(=O)N2CCC[C@H]2C(=O)N3)c1. The molecule has 1 fully saturated rings. The van der Waals surface area contributed by atoms with E-state index in [2.05, 4.69) is 26.2 Å². The van der Waals surface area contributed by atoms with E-state index in [0.29, 0.717) is 47.0 Å². The second-order valence-electron chi connectivity index (χ2n) is 7.55. The largest absolute Gasteiger partial charge is 0.327 e. The molecule has 1 aromatic heterocycles. The summed E-state index contributed by atoms with van der Waals surface area (Å²) in [6.07, 6.45) is 1.46. The van der Waals surface area contributed by atoms with Crippen LogP contribution in [0.2, 0.25) is 0 Å². The highest BCUT2D eigenvalue weighted by Gasteiger charge is 2.38. The molecule has 10 nitrogen and oxygen atoms in total. The lowest BCUT2D eigenvalue weighted by molar-refractivity contribution is -0.119. The second-order valence-corrected chi connectivity index (χ2v) is 7.55. The second kappa shape index (κ2) is 7.31. The Bertz CT molecular complexity index is 1220. The highest BCUT2D eigenvalue weighted by molar-refractivity contribution is 6.11. The van der Waals surface area contributed by atoms with E-state index in [4.69, 9.17) is 0 Å². The van der Waals surface area contributed by atoms with Gasteiger partial charge in [0.25, 0.3) is 11.8 Å². The first kappa shape index (κ1) is 18.9. The lowest BCUT2D eigenvalue weighted by Gasteiger charge is -2.20. The zero-order valence-electron chi connectivity index (χ0n) is 16.7. The molecule has 2 aromatic carbocycles. The van der Waals surface area contributed by atoms with Crippen molar-refractivity contribution in [2.24, 2.45) is 0 Å². The molecule has 31 heavy (non-hydrogen) atoms. The molecule has 156 valence electrons. The van der Waals surface area contributed by atoms with Crippen LogP contribution in [-0.2, 0) is 4.79 Å². The number of tetrazole rings is 1. The van der Waals surface area contributed by atoms with Gasteiger partial charge in [-0.2, -0.15) is 4.68 Å². The molecular weight excluding hydrogens is 398 g/mol. The summed E-state index contributed by atoms with van der Waals surface area (Å²) in [6.45, 7) is 2.32. The van der Waals surface area contributed by atoms with Gasteiger partial charge in [0.15, 0.2) is 5.82 Å². The third-order valence-electron chi connectivity index (χ3n) is 5.56. The van der Waals surface area contributed by atoms with Gasteiger partial charge in [0.1, 0.15) is 6.04 Å². The maximum absolute atomic E-state index is 13.0. The Balaban J connectivity index is 1.41. The van der Waals surface area contributed by atoms with Gasteiger partial charge in [-0.15, -0.1) is 5.10 Å². The molecule has 2 aliphatic rings. The molecule has 0 bridgehead atoms. The summed E-state index contributed by atoms with van der Waals surface area (Å²) in [7, 11) is 0. The molecule has 0 aliphatic carbocycles. The van der Waals surface area contributed by atoms with Crippen molar-refractivity contribution < 1.29 is 14.4 Å². The van der Waals surface area contributed by atoms with Gasteiger partial charge in [-0.1, -0.05) is 6.07 Å². The average molecular weight is 417 g/mol. The number of nitrogens with one attached hydrogen (secondary N) is 2. The van der Waals surface area contributed by atoms with E-state index >= 15 is 0 Å². The zero-order valence-corrected chi connectivity index (χ0v) is 16.7. The fraction of sp³-hybridized carbons (Fsp3) is 0.238. The van der Waals surface area contributed by atoms with E-state index in [1.54, 1.807) is 54.3 Å². The van der Waals surface area contributed by atoms with Crippen molar-refractivity contribution >= 4 is 29.1 Å². The average Bonchev–Trinajstić information content (AvgIpc) is 3.41. The quantitative estimate of drug-likeness (QED) is 0.670. The number of hydrogen-bond donors (Lipinski definition) is 2. The number of aryl methyl sites for hydroxylation is 1. The van der Waals surface area contributed by atoms with Crippen LogP contribution < -0.4 is 10.6 Å². The van der Waals surface area contributed by atoms with Crippen LogP contribution in [0.25, 0.3) is 5.69 Å². The van der Waals surface area contributed by atoms with Crippen LogP contribution in [0.1, 0.15) is 39.4 Å². The molecule has 3 aromatic rings. The lowest BCUT2D eigenvalue weighted by atomic mass is 10.1. The standard InChI is InChI=1S/C21H19N7O3/c1-12-24-25-26-28(12)15-5-2-4-13(10-15)19(29)22-14-7-8-17-16(11-14)21(31)27-9-3-6-18(27)20(30)23-17/h2,4-5,7-8,10-11,18H,3,6,9H2,1H3,(H,22,29)(H,23,30)/t18-/m0/s1. The van der Waals surface area contributed by atoms with E-state index < -0.39 is 6.04 Å². The monoisotopic (exact) mass is 417 g/mol. The molecule has 1 atom stereocenters. The normalized spacial score (nSPS) is 17.6. The third kappa shape index (κ3) is 3.31. The van der Waals surface area contributed by atoms with Gasteiger partial charge >= 0.3 is 0 Å². The summed E-state index contributed by atoms with van der Waals surface area (Å²) >= 11 is 0. The van der Waals surface area contributed by atoms with Crippen molar-refractivity contribution in [2.75, 3.05) is 17.2 Å². The molecule has 1 saturated heterocycles. The summed E-state index contributed by atoms with van der Waals surface area (Å²) in [5.41, 5.74) is 2.37. The van der Waals surface area contributed by atoms with Gasteiger partial charge in [0, 0.05) is 17.8 Å². The smallest absolute Gasteiger partial charge is 0.256 e. The zero-order chi connectivity index (χ0) is 21.5. The summed E-state index contributed by atoms with van der Waals surface area (Å²) < 4.78 is 1.53. The highest BCUT2D eigenvalue weighted by atomic mass is 16.2. The Morgan fingerprint density at radius 2 is 2.06 bits per heavy atom. The number of benzene rings is 2. The highest BCUT2D eigenvalue weighted by Crippen LogP contribution is 2.30. The van der Waals surface area contributed by atoms with Crippen LogP contribution in [0.3, 0.4) is 0 Å². The van der Waals surface area contributed by atoms with E-state index in [0.717, 1.165) is 6.42 Å². The van der Waals surface area contributed by atoms with E-state index in [1.165, 1.54) is 4.68 Å². The number of aromatic nitrogens is 4. The number of hydrogen-bond acceptors (Lipinski definition) is 6. The molecule has 0 spiro atoms. The molecule has 0 saturated carbocycles. The summed E-state index contributed by atoms with van der Waals surface area (Å²) in [5.74, 6) is -0.111. The van der Waals surface area contributed by atoms with Crippen LogP contribution in [0, 0.1) is 6.92 Å². The minimum absolute atomic E-state index is 0.170. The van der Waals surface area contributed by atoms with Crippen molar-refractivity contribution in [3.8, 4) is 5.69 Å². The number of nitrogens with zero attached hydrogens (tertiary/aromatic N) is 5. The van der Waals surface area contributed by atoms with Crippen LogP contribution in [0.4, 0.5) is 11.4 Å². The number of carbonyl (C=O) groups is 3. The molecule has 2 aliphatic heterocycles. The number of rotatable bonds is 3. The summed E-state index contributed by atoms with van der Waals surface area (Å²) in [5, 5.41) is 17.0. The van der Waals surface area contributed by atoms with Crippen molar-refractivity contribution in [3.63, 3.8) is 0 Å². The number of carbonyl (C=O) groups excluding carboxylic acids is 3. The summed E-state index contributed by atoms with van der Waals surface area (Å²) in [6, 6.07) is 11.4. The van der Waals surface area contributed by atoms with Gasteiger partial charge in [0.2, 0.25) is 5.91 Å². The predicted molar refractivity (Wildman–Crippen MR) is 111 cm³/mol. The Kier molecular flexibility index (Phi) is 4.46. The number of fused-ring (bicyclic) bond motifs is 2. The molecule has 10 heteroatoms. The van der Waals surface area contributed by atoms with Gasteiger partial charge in [-0.05, 0) is 66.6 Å². The Hall–Kier alpha value is -4.08. The first-order chi connectivity index (χ1) is 15.0. The fourth-order valence-corrected chi connectivity index (χ4v) is 4.01. The van der Waals surface area contributed by atoms with Crippen molar-refractivity contribution in [1.29, 1.82) is 0 Å². The van der Waals surface area contributed by atoms with Gasteiger partial charge in [-0.25, -0.2) is 0 Å². The molecule has 3 heterocycles. The van der Waals surface area contributed by atoms with Gasteiger partial charge < -0.3 is 15.5 Å². The fourth-order valence-electron chi connectivity index (χ4n) is 4.01. The molecule has 0 unspecified atom stereocenters. The minimum Gasteiger partial charge on any atom is -0.327 e. The number of anilines is 2. The Labute approximate surface area is 177 Å². The number of amides is 3. The van der Waals surface area contributed by atoms with E-state index in [9.17, 15) is 14.4 Å². The van der Waals surface area contributed by atoms with Crippen LogP contribution in [0.5, 0.6) is 0 Å². The first-order valence-corrected chi connectivity index (χ1v) is 9.94.